The SMILES string of the molecule is O=C(CCc1ccc(C(F)(F)F)cc1)N1CCC(S(=O)(=O)c2ccccc2)C1. The van der Waals surface area contributed by atoms with Gasteiger partial charge in [-0.05, 0) is 42.7 Å². The lowest BCUT2D eigenvalue weighted by Gasteiger charge is -2.17. The molecule has 0 bridgehead atoms. The molecule has 2 aromatic carbocycles. The second-order valence-electron chi connectivity index (χ2n) is 6.80. The largest absolute Gasteiger partial charge is 0.416 e. The Morgan fingerprint density at radius 3 is 2.29 bits per heavy atom. The number of alkyl halides is 3. The van der Waals surface area contributed by atoms with E-state index in [4.69, 9.17) is 0 Å². The van der Waals surface area contributed by atoms with E-state index in [0.717, 1.165) is 12.1 Å². The van der Waals surface area contributed by atoms with E-state index < -0.39 is 26.8 Å². The molecule has 8 heteroatoms. The fourth-order valence-corrected chi connectivity index (χ4v) is 4.99. The molecular formula is C20H20F3NO3S. The van der Waals surface area contributed by atoms with Gasteiger partial charge in [-0.15, -0.1) is 0 Å². The van der Waals surface area contributed by atoms with Crippen LogP contribution in [0, 0.1) is 0 Å². The summed E-state index contributed by atoms with van der Waals surface area (Å²) in [5, 5.41) is -0.634. The van der Waals surface area contributed by atoms with Gasteiger partial charge in [0.25, 0.3) is 0 Å². The van der Waals surface area contributed by atoms with Gasteiger partial charge in [-0.3, -0.25) is 4.79 Å². The molecule has 0 N–H and O–H groups in total. The van der Waals surface area contributed by atoms with Gasteiger partial charge in [-0.1, -0.05) is 30.3 Å². The van der Waals surface area contributed by atoms with Crippen molar-refractivity contribution in [1.82, 2.24) is 4.90 Å². The zero-order valence-corrected chi connectivity index (χ0v) is 15.8. The van der Waals surface area contributed by atoms with Crippen LogP contribution in [0.3, 0.4) is 0 Å². The first-order chi connectivity index (χ1) is 13.2. The summed E-state index contributed by atoms with van der Waals surface area (Å²) in [4.78, 5) is 14.2. The number of amides is 1. The number of hydrogen-bond acceptors (Lipinski definition) is 3. The molecule has 0 radical (unpaired) electrons. The van der Waals surface area contributed by atoms with Crippen molar-refractivity contribution in [2.24, 2.45) is 0 Å². The molecule has 0 spiro atoms. The first-order valence-electron chi connectivity index (χ1n) is 8.91. The summed E-state index contributed by atoms with van der Waals surface area (Å²) in [5.41, 5.74) is -0.0925. The Morgan fingerprint density at radius 2 is 1.68 bits per heavy atom. The number of halogens is 3. The summed E-state index contributed by atoms with van der Waals surface area (Å²) >= 11 is 0. The highest BCUT2D eigenvalue weighted by molar-refractivity contribution is 7.92. The molecule has 1 fully saturated rings. The van der Waals surface area contributed by atoms with E-state index in [1.54, 1.807) is 30.3 Å². The van der Waals surface area contributed by atoms with Crippen molar-refractivity contribution in [3.63, 3.8) is 0 Å². The second-order valence-corrected chi connectivity index (χ2v) is 9.03. The van der Waals surface area contributed by atoms with E-state index in [9.17, 15) is 26.4 Å². The number of benzene rings is 2. The Balaban J connectivity index is 1.56. The summed E-state index contributed by atoms with van der Waals surface area (Å²) in [5.74, 6) is -0.189. The molecule has 0 saturated carbocycles. The van der Waals surface area contributed by atoms with Gasteiger partial charge in [0, 0.05) is 19.5 Å². The minimum atomic E-state index is -4.39. The van der Waals surface area contributed by atoms with Gasteiger partial charge < -0.3 is 4.90 Å². The lowest BCUT2D eigenvalue weighted by molar-refractivity contribution is -0.137. The number of hydrogen-bond donors (Lipinski definition) is 0. The number of aryl methyl sites for hydroxylation is 1. The first-order valence-corrected chi connectivity index (χ1v) is 10.5. The number of sulfone groups is 1. The Morgan fingerprint density at radius 1 is 1.04 bits per heavy atom. The van der Waals surface area contributed by atoms with Crippen LogP contribution in [-0.2, 0) is 27.2 Å². The highest BCUT2D eigenvalue weighted by atomic mass is 32.2. The molecule has 1 aliphatic heterocycles. The van der Waals surface area contributed by atoms with Gasteiger partial charge in [0.15, 0.2) is 9.84 Å². The van der Waals surface area contributed by atoms with Crippen molar-refractivity contribution in [3.05, 3.63) is 65.7 Å². The van der Waals surface area contributed by atoms with Crippen LogP contribution in [-0.4, -0.2) is 37.6 Å². The normalized spacial score (nSPS) is 17.7. The molecule has 4 nitrogen and oxygen atoms in total. The highest BCUT2D eigenvalue weighted by Gasteiger charge is 2.36. The van der Waals surface area contributed by atoms with Crippen molar-refractivity contribution < 1.29 is 26.4 Å². The maximum Gasteiger partial charge on any atom is 0.416 e. The average Bonchev–Trinajstić information content (AvgIpc) is 3.17. The Hall–Kier alpha value is -2.35. The van der Waals surface area contributed by atoms with Gasteiger partial charge in [0.05, 0.1) is 15.7 Å². The number of carbonyl (C=O) groups excluding carboxylic acids is 1. The standard InChI is InChI=1S/C20H20F3NO3S/c21-20(22,23)16-9-6-15(7-10-16)8-11-19(25)24-13-12-18(14-24)28(26,27)17-4-2-1-3-5-17/h1-7,9-10,18H,8,11-14H2. The van der Waals surface area contributed by atoms with Gasteiger partial charge >= 0.3 is 6.18 Å². The lowest BCUT2D eigenvalue weighted by atomic mass is 10.1. The zero-order valence-electron chi connectivity index (χ0n) is 15.0. The molecule has 0 aromatic heterocycles. The smallest absolute Gasteiger partial charge is 0.341 e. The predicted molar refractivity (Wildman–Crippen MR) is 98.4 cm³/mol. The zero-order chi connectivity index (χ0) is 20.4. The number of carbonyl (C=O) groups is 1. The van der Waals surface area contributed by atoms with Crippen LogP contribution in [0.1, 0.15) is 24.0 Å². The third kappa shape index (κ3) is 4.55. The number of likely N-dealkylation sites (tertiary alicyclic amines) is 1. The van der Waals surface area contributed by atoms with Gasteiger partial charge in [0.1, 0.15) is 0 Å². The van der Waals surface area contributed by atoms with Gasteiger partial charge in [-0.25, -0.2) is 8.42 Å². The molecule has 1 saturated heterocycles. The summed E-state index contributed by atoms with van der Waals surface area (Å²) in [6.45, 7) is 0.506. The minimum Gasteiger partial charge on any atom is -0.341 e. The van der Waals surface area contributed by atoms with Gasteiger partial charge in [0.2, 0.25) is 5.91 Å². The third-order valence-corrected chi connectivity index (χ3v) is 7.11. The van der Waals surface area contributed by atoms with Crippen LogP contribution in [0.25, 0.3) is 0 Å². The second kappa shape index (κ2) is 7.95. The Bertz CT molecular complexity index is 925. The summed E-state index contributed by atoms with van der Waals surface area (Å²) in [7, 11) is -3.49. The summed E-state index contributed by atoms with van der Waals surface area (Å²) < 4.78 is 63.1. The maximum absolute atomic E-state index is 12.7. The maximum atomic E-state index is 12.7. The van der Waals surface area contributed by atoms with Crippen molar-refractivity contribution in [2.75, 3.05) is 13.1 Å². The molecule has 150 valence electrons. The van der Waals surface area contributed by atoms with Crippen LogP contribution >= 0.6 is 0 Å². The summed E-state index contributed by atoms with van der Waals surface area (Å²) in [6, 6.07) is 12.9. The molecule has 2 aromatic rings. The predicted octanol–water partition coefficient (Wildman–Crippen LogP) is 3.71. The molecule has 1 aliphatic rings. The fraction of sp³-hybridized carbons (Fsp3) is 0.350. The average molecular weight is 411 g/mol. The molecule has 1 unspecified atom stereocenters. The quantitative estimate of drug-likeness (QED) is 0.754. The van der Waals surface area contributed by atoms with E-state index >= 15 is 0 Å². The Kier molecular flexibility index (Phi) is 5.79. The highest BCUT2D eigenvalue weighted by Crippen LogP contribution is 2.29. The van der Waals surface area contributed by atoms with Crippen molar-refractivity contribution >= 4 is 15.7 Å². The van der Waals surface area contributed by atoms with Crippen LogP contribution in [0.2, 0.25) is 0 Å². The molecular weight excluding hydrogens is 391 g/mol. The van der Waals surface area contributed by atoms with E-state index in [-0.39, 0.29) is 23.8 Å². The Labute approximate surface area is 161 Å². The van der Waals surface area contributed by atoms with E-state index in [2.05, 4.69) is 0 Å². The number of nitrogens with zero attached hydrogens (tertiary/aromatic N) is 1. The van der Waals surface area contributed by atoms with Crippen LogP contribution in [0.5, 0.6) is 0 Å². The number of rotatable bonds is 5. The molecule has 1 amide bonds. The lowest BCUT2D eigenvalue weighted by Crippen LogP contribution is -2.32. The molecule has 28 heavy (non-hydrogen) atoms. The van der Waals surface area contributed by atoms with Gasteiger partial charge in [-0.2, -0.15) is 13.2 Å². The fourth-order valence-electron chi connectivity index (χ4n) is 3.28. The van der Waals surface area contributed by atoms with E-state index in [1.807, 2.05) is 0 Å². The monoisotopic (exact) mass is 411 g/mol. The molecule has 3 rings (SSSR count). The minimum absolute atomic E-state index is 0.128. The van der Waals surface area contributed by atoms with Crippen molar-refractivity contribution in [1.29, 1.82) is 0 Å². The molecule has 1 heterocycles. The van der Waals surface area contributed by atoms with Crippen LogP contribution in [0.15, 0.2) is 59.5 Å². The first kappa shape index (κ1) is 20.4. The van der Waals surface area contributed by atoms with Crippen molar-refractivity contribution in [2.45, 2.75) is 35.6 Å². The van der Waals surface area contributed by atoms with Crippen molar-refractivity contribution in [3.8, 4) is 0 Å². The van der Waals surface area contributed by atoms with E-state index in [0.29, 0.717) is 24.9 Å². The van der Waals surface area contributed by atoms with E-state index in [1.165, 1.54) is 17.0 Å². The third-order valence-electron chi connectivity index (χ3n) is 4.92. The topological polar surface area (TPSA) is 54.5 Å². The molecule has 1 atom stereocenters. The summed E-state index contributed by atoms with van der Waals surface area (Å²) in [6.07, 6.45) is -3.57. The van der Waals surface area contributed by atoms with Crippen LogP contribution in [0.4, 0.5) is 13.2 Å². The molecule has 0 aliphatic carbocycles. The van der Waals surface area contributed by atoms with Crippen LogP contribution < -0.4 is 0 Å².